The Bertz CT molecular complexity index is 238. The van der Waals surface area contributed by atoms with Gasteiger partial charge in [0, 0.05) is 20.7 Å². The quantitative estimate of drug-likeness (QED) is 0.602. The van der Waals surface area contributed by atoms with Crippen LogP contribution in [0.2, 0.25) is 0 Å². The van der Waals surface area contributed by atoms with Crippen LogP contribution < -0.4 is 10.6 Å². The van der Waals surface area contributed by atoms with Gasteiger partial charge in [-0.15, -0.1) is 5.10 Å². The minimum Gasteiger partial charge on any atom is -0.407 e. The fraction of sp³-hybridized carbons (Fsp3) is 0.714. The van der Waals surface area contributed by atoms with E-state index in [1.54, 1.807) is 14.2 Å². The monoisotopic (exact) mass is 186 g/mol. The highest BCUT2D eigenvalue weighted by atomic mass is 16.5. The molecule has 0 saturated heterocycles. The Morgan fingerprint density at radius 3 is 2.92 bits per heavy atom. The van der Waals surface area contributed by atoms with Crippen LogP contribution in [0.5, 0.6) is 0 Å². The second-order valence-corrected chi connectivity index (χ2v) is 2.42. The second kappa shape index (κ2) is 5.50. The van der Waals surface area contributed by atoms with Crippen LogP contribution in [0.3, 0.4) is 0 Å². The average Bonchev–Trinajstić information content (AvgIpc) is 2.60. The zero-order valence-corrected chi connectivity index (χ0v) is 7.83. The maximum Gasteiger partial charge on any atom is 0.315 e. The first-order chi connectivity index (χ1) is 6.36. The maximum atomic E-state index is 5.18. The highest BCUT2D eigenvalue weighted by Gasteiger charge is 2.02. The van der Waals surface area contributed by atoms with Crippen LogP contribution in [0.15, 0.2) is 4.42 Å². The van der Waals surface area contributed by atoms with E-state index in [0.717, 1.165) is 6.54 Å². The average molecular weight is 186 g/mol. The number of hydrogen-bond acceptors (Lipinski definition) is 6. The third-order valence-corrected chi connectivity index (χ3v) is 1.44. The molecule has 0 aliphatic carbocycles. The van der Waals surface area contributed by atoms with Crippen molar-refractivity contribution < 1.29 is 9.15 Å². The summed E-state index contributed by atoms with van der Waals surface area (Å²) < 4.78 is 10.0. The summed E-state index contributed by atoms with van der Waals surface area (Å²) in [5.74, 6) is 0.570. The summed E-state index contributed by atoms with van der Waals surface area (Å²) in [5.41, 5.74) is 0. The lowest BCUT2D eigenvalue weighted by molar-refractivity contribution is 0.198. The predicted molar refractivity (Wildman–Crippen MR) is 47.4 cm³/mol. The number of nitrogens with zero attached hydrogens (tertiary/aromatic N) is 2. The van der Waals surface area contributed by atoms with Crippen molar-refractivity contribution >= 4 is 6.01 Å². The number of anilines is 1. The van der Waals surface area contributed by atoms with Gasteiger partial charge in [-0.25, -0.2) is 0 Å². The summed E-state index contributed by atoms with van der Waals surface area (Å²) in [4.78, 5) is 0. The van der Waals surface area contributed by atoms with Gasteiger partial charge in [0.05, 0.1) is 13.2 Å². The molecule has 0 radical (unpaired) electrons. The molecule has 0 aliphatic heterocycles. The van der Waals surface area contributed by atoms with E-state index in [1.165, 1.54) is 0 Å². The SMILES string of the molecule is CNc1nnc(CNCCOC)o1. The highest BCUT2D eigenvalue weighted by molar-refractivity contribution is 5.14. The minimum atomic E-state index is 0.434. The van der Waals surface area contributed by atoms with Gasteiger partial charge in [0.25, 0.3) is 0 Å². The highest BCUT2D eigenvalue weighted by Crippen LogP contribution is 2.02. The fourth-order valence-corrected chi connectivity index (χ4v) is 0.796. The molecule has 0 aromatic carbocycles. The number of ether oxygens (including phenoxy) is 1. The molecule has 1 rings (SSSR count). The number of nitrogens with one attached hydrogen (secondary N) is 2. The first-order valence-corrected chi connectivity index (χ1v) is 4.06. The molecule has 0 fully saturated rings. The summed E-state index contributed by atoms with van der Waals surface area (Å²) in [6.07, 6.45) is 0. The van der Waals surface area contributed by atoms with Crippen LogP contribution in [0.4, 0.5) is 6.01 Å². The van der Waals surface area contributed by atoms with Crippen molar-refractivity contribution in [2.45, 2.75) is 6.54 Å². The molecule has 0 spiro atoms. The molecular formula is C7H14N4O2. The van der Waals surface area contributed by atoms with E-state index < -0.39 is 0 Å². The minimum absolute atomic E-state index is 0.434. The molecule has 0 atom stereocenters. The van der Waals surface area contributed by atoms with E-state index in [2.05, 4.69) is 20.8 Å². The molecule has 0 saturated carbocycles. The fourth-order valence-electron chi connectivity index (χ4n) is 0.796. The Hall–Kier alpha value is -1.14. The van der Waals surface area contributed by atoms with Gasteiger partial charge in [0.15, 0.2) is 0 Å². The van der Waals surface area contributed by atoms with Gasteiger partial charge >= 0.3 is 6.01 Å². The van der Waals surface area contributed by atoms with E-state index in [1.807, 2.05) is 0 Å². The molecular weight excluding hydrogens is 172 g/mol. The van der Waals surface area contributed by atoms with E-state index in [0.29, 0.717) is 25.1 Å². The lowest BCUT2D eigenvalue weighted by Gasteiger charge is -1.98. The van der Waals surface area contributed by atoms with Gasteiger partial charge in [-0.1, -0.05) is 5.10 Å². The molecule has 1 aromatic heterocycles. The Morgan fingerprint density at radius 2 is 2.31 bits per heavy atom. The standard InChI is InChI=1S/C7H14N4O2/c1-8-7-11-10-6(13-7)5-9-3-4-12-2/h9H,3-5H2,1-2H3,(H,8,11). The zero-order valence-electron chi connectivity index (χ0n) is 7.83. The number of methoxy groups -OCH3 is 1. The van der Waals surface area contributed by atoms with Crippen LogP contribution in [0.25, 0.3) is 0 Å². The Kier molecular flexibility index (Phi) is 4.20. The summed E-state index contributed by atoms with van der Waals surface area (Å²) in [6.45, 7) is 2.01. The number of aromatic nitrogens is 2. The largest absolute Gasteiger partial charge is 0.407 e. The van der Waals surface area contributed by atoms with Crippen molar-refractivity contribution in [1.29, 1.82) is 0 Å². The van der Waals surface area contributed by atoms with Crippen LogP contribution >= 0.6 is 0 Å². The summed E-state index contributed by atoms with van der Waals surface area (Å²) in [5, 5.41) is 13.4. The van der Waals surface area contributed by atoms with E-state index in [4.69, 9.17) is 9.15 Å². The first kappa shape index (κ1) is 9.94. The molecule has 1 aromatic rings. The third kappa shape index (κ3) is 3.39. The van der Waals surface area contributed by atoms with Crippen molar-refractivity contribution in [3.05, 3.63) is 5.89 Å². The van der Waals surface area contributed by atoms with Crippen molar-refractivity contribution in [1.82, 2.24) is 15.5 Å². The smallest absolute Gasteiger partial charge is 0.315 e. The molecule has 6 nitrogen and oxygen atoms in total. The molecule has 0 aliphatic rings. The Morgan fingerprint density at radius 1 is 1.46 bits per heavy atom. The first-order valence-electron chi connectivity index (χ1n) is 4.06. The van der Waals surface area contributed by atoms with Gasteiger partial charge < -0.3 is 19.8 Å². The Labute approximate surface area is 76.7 Å². The van der Waals surface area contributed by atoms with Gasteiger partial charge in [-0.3, -0.25) is 0 Å². The number of rotatable bonds is 6. The van der Waals surface area contributed by atoms with Crippen LogP contribution in [0, 0.1) is 0 Å². The van der Waals surface area contributed by atoms with Gasteiger partial charge in [0.1, 0.15) is 0 Å². The molecule has 0 bridgehead atoms. The van der Waals surface area contributed by atoms with Crippen molar-refractivity contribution in [3.63, 3.8) is 0 Å². The van der Waals surface area contributed by atoms with Crippen LogP contribution in [-0.2, 0) is 11.3 Å². The summed E-state index contributed by atoms with van der Waals surface area (Å²) in [7, 11) is 3.39. The third-order valence-electron chi connectivity index (χ3n) is 1.44. The molecule has 6 heteroatoms. The van der Waals surface area contributed by atoms with Crippen molar-refractivity contribution in [3.8, 4) is 0 Å². The van der Waals surface area contributed by atoms with Gasteiger partial charge in [0.2, 0.25) is 5.89 Å². The van der Waals surface area contributed by atoms with E-state index >= 15 is 0 Å². The molecule has 13 heavy (non-hydrogen) atoms. The van der Waals surface area contributed by atoms with Gasteiger partial charge in [-0.05, 0) is 0 Å². The summed E-state index contributed by atoms with van der Waals surface area (Å²) >= 11 is 0. The topological polar surface area (TPSA) is 72.2 Å². The van der Waals surface area contributed by atoms with Crippen molar-refractivity contribution in [2.75, 3.05) is 32.6 Å². The second-order valence-electron chi connectivity index (χ2n) is 2.42. The molecule has 74 valence electrons. The van der Waals surface area contributed by atoms with E-state index in [9.17, 15) is 0 Å². The lowest BCUT2D eigenvalue weighted by Crippen LogP contribution is -2.18. The lowest BCUT2D eigenvalue weighted by atomic mass is 10.6. The summed E-state index contributed by atoms with van der Waals surface area (Å²) in [6, 6.07) is 0.434. The van der Waals surface area contributed by atoms with Gasteiger partial charge in [-0.2, -0.15) is 0 Å². The predicted octanol–water partition coefficient (Wildman–Crippen LogP) is -0.153. The number of hydrogen-bond donors (Lipinski definition) is 2. The van der Waals surface area contributed by atoms with Crippen LogP contribution in [-0.4, -0.2) is 37.5 Å². The molecule has 0 amide bonds. The van der Waals surface area contributed by atoms with Crippen molar-refractivity contribution in [2.24, 2.45) is 0 Å². The molecule has 2 N–H and O–H groups in total. The zero-order chi connectivity index (χ0) is 9.52. The normalized spacial score (nSPS) is 10.3. The Balaban J connectivity index is 2.20. The van der Waals surface area contributed by atoms with Crippen LogP contribution in [0.1, 0.15) is 5.89 Å². The molecule has 1 heterocycles. The van der Waals surface area contributed by atoms with E-state index in [-0.39, 0.29) is 0 Å². The maximum absolute atomic E-state index is 5.18. The molecule has 0 unspecified atom stereocenters.